The van der Waals surface area contributed by atoms with Gasteiger partial charge in [-0.15, -0.1) is 11.3 Å². The molecule has 1 N–H and O–H groups in total. The number of rotatable bonds is 7. The van der Waals surface area contributed by atoms with Crippen molar-refractivity contribution in [3.63, 3.8) is 0 Å². The van der Waals surface area contributed by atoms with E-state index in [9.17, 15) is 25.0 Å². The Bertz CT molecular complexity index is 2000. The molecule has 0 aliphatic carbocycles. The summed E-state index contributed by atoms with van der Waals surface area (Å²) < 4.78 is 7.68. The topological polar surface area (TPSA) is 131 Å². The van der Waals surface area contributed by atoms with Gasteiger partial charge in [-0.05, 0) is 60.0 Å². The Labute approximate surface area is 244 Å². The molecule has 2 aromatic heterocycles. The number of nitriles is 1. The first-order chi connectivity index (χ1) is 20.2. The number of hydrogen-bond donors (Lipinski definition) is 1. The van der Waals surface area contributed by atoms with Crippen LogP contribution in [-0.4, -0.2) is 15.4 Å². The maximum Gasteiger partial charge on any atom is 0.273 e. The van der Waals surface area contributed by atoms with Crippen LogP contribution in [0, 0.1) is 21.4 Å². The molecule has 0 radical (unpaired) electrons. The summed E-state index contributed by atoms with van der Waals surface area (Å²) in [5.74, 6) is 0.521. The maximum absolute atomic E-state index is 13.7. The van der Waals surface area contributed by atoms with Crippen molar-refractivity contribution in [3.05, 3.63) is 132 Å². The number of carbonyl (C=O) groups is 1. The van der Waals surface area contributed by atoms with Crippen molar-refractivity contribution in [1.29, 1.82) is 5.26 Å². The minimum absolute atomic E-state index is 0.0363. The second-order valence-corrected chi connectivity index (χ2v) is 10.6. The lowest BCUT2D eigenvalue weighted by Gasteiger charge is -2.08. The highest BCUT2D eigenvalue weighted by Crippen LogP contribution is 2.25. The summed E-state index contributed by atoms with van der Waals surface area (Å²) in [5, 5.41) is 23.8. The van der Waals surface area contributed by atoms with Crippen molar-refractivity contribution in [3.8, 4) is 23.1 Å². The zero-order valence-electron chi connectivity index (χ0n) is 22.6. The number of nitrogens with one attached hydrogen (secondary N) is 1. The lowest BCUT2D eigenvalue weighted by molar-refractivity contribution is -0.384. The van der Waals surface area contributed by atoms with Gasteiger partial charge in [0, 0.05) is 29.5 Å². The Morgan fingerprint density at radius 1 is 1.02 bits per heavy atom. The average Bonchev–Trinajstić information content (AvgIpc) is 3.58. The predicted octanol–water partition coefficient (Wildman–Crippen LogP) is 5.33. The number of furan rings is 1. The Kier molecular flexibility index (Phi) is 7.95. The van der Waals surface area contributed by atoms with E-state index in [1.807, 2.05) is 18.2 Å². The van der Waals surface area contributed by atoms with Gasteiger partial charge >= 0.3 is 0 Å². The summed E-state index contributed by atoms with van der Waals surface area (Å²) in [5.41, 5.74) is 2.11. The van der Waals surface area contributed by atoms with Crippen LogP contribution in [0.5, 0.6) is 0 Å². The van der Waals surface area contributed by atoms with E-state index in [1.165, 1.54) is 16.7 Å². The van der Waals surface area contributed by atoms with E-state index in [0.29, 0.717) is 34.4 Å². The molecule has 0 saturated carbocycles. The molecule has 5 aromatic rings. The van der Waals surface area contributed by atoms with Crippen molar-refractivity contribution in [2.24, 2.45) is 0 Å². The van der Waals surface area contributed by atoms with Gasteiger partial charge in [-0.1, -0.05) is 44.2 Å². The first-order valence-electron chi connectivity index (χ1n) is 12.9. The third-order valence-corrected chi connectivity index (χ3v) is 7.58. The summed E-state index contributed by atoms with van der Waals surface area (Å²) in [4.78, 5) is 37.4. The summed E-state index contributed by atoms with van der Waals surface area (Å²) in [6.07, 6.45) is 1.54. The van der Waals surface area contributed by atoms with Gasteiger partial charge in [0.15, 0.2) is 5.57 Å². The minimum atomic E-state index is -0.634. The molecule has 208 valence electrons. The average molecular weight is 577 g/mol. The molecule has 42 heavy (non-hydrogen) atoms. The fourth-order valence-corrected chi connectivity index (χ4v) is 5.35. The lowest BCUT2D eigenvalue weighted by atomic mass is 10.0. The molecule has 0 aliphatic rings. The van der Waals surface area contributed by atoms with Crippen LogP contribution in [0.2, 0.25) is 0 Å². The second kappa shape index (κ2) is 11.9. The quantitative estimate of drug-likeness (QED) is 0.206. The van der Waals surface area contributed by atoms with Crippen LogP contribution >= 0.6 is 11.3 Å². The fraction of sp³-hybridized carbons (Fsp3) is 0.0938. The highest BCUT2D eigenvalue weighted by Gasteiger charge is 2.18. The van der Waals surface area contributed by atoms with Crippen molar-refractivity contribution in [2.75, 3.05) is 5.32 Å². The van der Waals surface area contributed by atoms with Crippen LogP contribution in [0.25, 0.3) is 28.7 Å². The number of benzene rings is 3. The van der Waals surface area contributed by atoms with Gasteiger partial charge in [-0.25, -0.2) is 0 Å². The van der Waals surface area contributed by atoms with Crippen LogP contribution < -0.4 is 20.1 Å². The highest BCUT2D eigenvalue weighted by molar-refractivity contribution is 7.07. The van der Waals surface area contributed by atoms with Gasteiger partial charge in [0.1, 0.15) is 22.3 Å². The van der Waals surface area contributed by atoms with Gasteiger partial charge in [0.05, 0.1) is 15.1 Å². The molecule has 0 bridgehead atoms. The predicted molar refractivity (Wildman–Crippen MR) is 162 cm³/mol. The molecule has 0 aliphatic heterocycles. The molecule has 0 spiro atoms. The molecule has 0 unspecified atom stereocenters. The van der Waals surface area contributed by atoms with Crippen LogP contribution in [-0.2, 0) is 4.79 Å². The van der Waals surface area contributed by atoms with Crippen LogP contribution in [0.3, 0.4) is 0 Å². The summed E-state index contributed by atoms with van der Waals surface area (Å²) in [7, 11) is 0. The second-order valence-electron chi connectivity index (χ2n) is 9.62. The highest BCUT2D eigenvalue weighted by atomic mass is 32.1. The monoisotopic (exact) mass is 576 g/mol. The number of non-ortho nitro benzene ring substituents is 1. The van der Waals surface area contributed by atoms with Crippen molar-refractivity contribution in [1.82, 2.24) is 4.57 Å². The van der Waals surface area contributed by atoms with Crippen molar-refractivity contribution in [2.45, 2.75) is 19.8 Å². The number of hydrogen-bond acceptors (Lipinski definition) is 7. The normalized spacial score (nSPS) is 12.2. The Hall–Kier alpha value is -5.53. The molecule has 9 nitrogen and oxygen atoms in total. The van der Waals surface area contributed by atoms with E-state index in [1.54, 1.807) is 72.8 Å². The molecule has 3 aromatic carbocycles. The molecule has 5 rings (SSSR count). The van der Waals surface area contributed by atoms with Crippen LogP contribution in [0.4, 0.5) is 11.4 Å². The van der Waals surface area contributed by atoms with E-state index < -0.39 is 16.4 Å². The smallest absolute Gasteiger partial charge is 0.273 e. The molecular formula is C32H24N4O5S. The number of nitrogens with zero attached hydrogens (tertiary/aromatic N) is 3. The zero-order valence-corrected chi connectivity index (χ0v) is 23.4. The molecule has 0 fully saturated rings. The molecular weight excluding hydrogens is 552 g/mol. The third-order valence-electron chi connectivity index (χ3n) is 6.49. The van der Waals surface area contributed by atoms with Crippen LogP contribution in [0.1, 0.15) is 31.1 Å². The standard InChI is InChI=1S/C32H24N4O5S/c1-20(2)21-8-12-23(13-9-21)34-30(37)27(19-33)32-35(24-6-4-3-5-7-24)31(38)29(42-32)18-26-16-17-28(41-26)22-10-14-25(15-11-22)36(39)40/h3-18,20H,1-2H3,(H,34,37)/b29-18+,32-27+. The van der Waals surface area contributed by atoms with Gasteiger partial charge in [0.25, 0.3) is 17.2 Å². The fourth-order valence-electron chi connectivity index (χ4n) is 4.26. The number of amides is 1. The molecule has 1 amide bonds. The minimum Gasteiger partial charge on any atom is -0.457 e. The third kappa shape index (κ3) is 5.82. The zero-order chi connectivity index (χ0) is 29.8. The SMILES string of the molecule is CC(C)c1ccc(NC(=O)/C(C#N)=c2/s/c(=C/c3ccc(-c4ccc([N+](=O)[O-])cc4)o3)c(=O)n2-c2ccccc2)cc1. The van der Waals surface area contributed by atoms with Gasteiger partial charge in [-0.2, -0.15) is 5.26 Å². The number of anilines is 1. The largest absolute Gasteiger partial charge is 0.457 e. The summed E-state index contributed by atoms with van der Waals surface area (Å²) in [6, 6.07) is 27.4. The number of nitro benzene ring substituents is 1. The Morgan fingerprint density at radius 2 is 1.71 bits per heavy atom. The first-order valence-corrected chi connectivity index (χ1v) is 13.8. The molecule has 2 heterocycles. The van der Waals surface area contributed by atoms with Gasteiger partial charge in [-0.3, -0.25) is 24.3 Å². The van der Waals surface area contributed by atoms with Gasteiger partial charge in [0.2, 0.25) is 0 Å². The van der Waals surface area contributed by atoms with Crippen molar-refractivity contribution < 1.29 is 14.1 Å². The summed E-state index contributed by atoms with van der Waals surface area (Å²) >= 11 is 1.00. The van der Waals surface area contributed by atoms with E-state index in [-0.39, 0.29) is 20.5 Å². The number of para-hydroxylation sites is 1. The van der Waals surface area contributed by atoms with Crippen molar-refractivity contribution >= 4 is 40.3 Å². The number of aromatic nitrogens is 1. The number of nitro groups is 1. The molecule has 10 heteroatoms. The van der Waals surface area contributed by atoms with Gasteiger partial charge < -0.3 is 9.73 Å². The van der Waals surface area contributed by atoms with E-state index in [4.69, 9.17) is 4.42 Å². The lowest BCUT2D eigenvalue weighted by Crippen LogP contribution is -2.32. The Balaban J connectivity index is 1.59. The molecule has 0 atom stereocenters. The van der Waals surface area contributed by atoms with E-state index >= 15 is 0 Å². The maximum atomic E-state index is 13.7. The Morgan fingerprint density at radius 3 is 2.33 bits per heavy atom. The number of carbonyl (C=O) groups excluding carboxylic acids is 1. The summed E-state index contributed by atoms with van der Waals surface area (Å²) in [6.45, 7) is 4.14. The number of thiazole rings is 1. The van der Waals surface area contributed by atoms with Crippen LogP contribution in [0.15, 0.2) is 100 Å². The first kappa shape index (κ1) is 28.0. The van der Waals surface area contributed by atoms with E-state index in [2.05, 4.69) is 19.2 Å². The van der Waals surface area contributed by atoms with E-state index in [0.717, 1.165) is 16.9 Å². The molecule has 0 saturated heterocycles.